The molecular weight excluding hydrogens is 416 g/mol. The van der Waals surface area contributed by atoms with Gasteiger partial charge in [0.1, 0.15) is 17.2 Å². The van der Waals surface area contributed by atoms with Gasteiger partial charge in [-0.05, 0) is 49.8 Å². The minimum Gasteiger partial charge on any atom is -0.377 e. The van der Waals surface area contributed by atoms with Crippen LogP contribution in [0.15, 0.2) is 48.7 Å². The van der Waals surface area contributed by atoms with Crippen LogP contribution in [0, 0.1) is 5.92 Å². The van der Waals surface area contributed by atoms with Crippen LogP contribution in [-0.2, 0) is 11.2 Å². The number of pyridine rings is 1. The van der Waals surface area contributed by atoms with Crippen LogP contribution in [0.5, 0.6) is 0 Å². The molecule has 0 spiro atoms. The first-order chi connectivity index (χ1) is 16.1. The largest absolute Gasteiger partial charge is 0.377 e. The number of benzene rings is 1. The zero-order valence-electron chi connectivity index (χ0n) is 19.3. The Morgan fingerprint density at radius 1 is 1.21 bits per heavy atom. The second-order valence-electron chi connectivity index (χ2n) is 8.70. The predicted molar refractivity (Wildman–Crippen MR) is 131 cm³/mol. The number of ether oxygens (including phenoxy) is 1. The molecule has 2 N–H and O–H groups in total. The Hall–Kier alpha value is -3.26. The van der Waals surface area contributed by atoms with Gasteiger partial charge in [0.2, 0.25) is 0 Å². The highest BCUT2D eigenvalue weighted by molar-refractivity contribution is 5.89. The molecule has 0 bridgehead atoms. The van der Waals surface area contributed by atoms with E-state index in [0.717, 1.165) is 31.6 Å². The second-order valence-corrected chi connectivity index (χ2v) is 8.70. The topological polar surface area (TPSA) is 92.3 Å². The molecule has 3 heterocycles. The lowest BCUT2D eigenvalue weighted by atomic mass is 10.0. The van der Waals surface area contributed by atoms with Gasteiger partial charge in [0.05, 0.1) is 25.5 Å². The van der Waals surface area contributed by atoms with E-state index in [0.29, 0.717) is 42.7 Å². The molecule has 0 saturated carbocycles. The van der Waals surface area contributed by atoms with Gasteiger partial charge < -0.3 is 15.0 Å². The monoisotopic (exact) mass is 448 g/mol. The molecule has 1 saturated heterocycles. The molecule has 1 unspecified atom stereocenters. The molecule has 1 fully saturated rings. The summed E-state index contributed by atoms with van der Waals surface area (Å²) in [6.45, 7) is 6.98. The highest BCUT2D eigenvalue weighted by Gasteiger charge is 2.21. The fourth-order valence-corrected chi connectivity index (χ4v) is 3.99. The summed E-state index contributed by atoms with van der Waals surface area (Å²) in [5.74, 6) is 1.63. The zero-order valence-corrected chi connectivity index (χ0v) is 19.3. The van der Waals surface area contributed by atoms with Gasteiger partial charge in [-0.3, -0.25) is 5.32 Å². The lowest BCUT2D eigenvalue weighted by molar-refractivity contribution is 0.0985. The Morgan fingerprint density at radius 2 is 2.06 bits per heavy atom. The van der Waals surface area contributed by atoms with Crippen LogP contribution in [0.1, 0.15) is 32.3 Å². The molecule has 1 aromatic carbocycles. The molecule has 8 heteroatoms. The summed E-state index contributed by atoms with van der Waals surface area (Å²) in [6.07, 6.45) is 4.99. The molecule has 2 atom stereocenters. The number of aromatic nitrogens is 3. The third kappa shape index (κ3) is 6.38. The van der Waals surface area contributed by atoms with E-state index in [-0.39, 0.29) is 12.1 Å². The molecule has 2 aromatic heterocycles. The SMILES string of the molecule is CC(CCCc1ccccc1)CNC(=O)Nc1ccc2ncc(N3CCOC[C@@H]3C)nc2n1. The average molecular weight is 449 g/mol. The fourth-order valence-electron chi connectivity index (χ4n) is 3.99. The molecule has 33 heavy (non-hydrogen) atoms. The number of morpholine rings is 1. The van der Waals surface area contributed by atoms with Crippen LogP contribution in [0.3, 0.4) is 0 Å². The Kier molecular flexibility index (Phi) is 7.67. The standard InChI is InChI=1S/C25H32N6O2/c1-18(7-6-10-20-8-4-3-5-9-20)15-27-25(32)29-22-12-11-21-24(28-22)30-23(16-26-21)31-13-14-33-17-19(31)2/h3-5,8-9,11-12,16,18-19H,6-7,10,13-15,17H2,1-2H3,(H2,27,28,29,30,32)/t18?,19-/m0/s1. The molecule has 2 amide bonds. The van der Waals surface area contributed by atoms with Crippen LogP contribution in [0.2, 0.25) is 0 Å². The quantitative estimate of drug-likeness (QED) is 0.541. The molecule has 1 aliphatic heterocycles. The maximum atomic E-state index is 12.4. The summed E-state index contributed by atoms with van der Waals surface area (Å²) >= 11 is 0. The van der Waals surface area contributed by atoms with Crippen molar-refractivity contribution in [3.63, 3.8) is 0 Å². The summed E-state index contributed by atoms with van der Waals surface area (Å²) in [7, 11) is 0. The molecule has 3 aromatic rings. The maximum Gasteiger partial charge on any atom is 0.320 e. The van der Waals surface area contributed by atoms with Crippen molar-refractivity contribution in [1.82, 2.24) is 20.3 Å². The third-order valence-corrected chi connectivity index (χ3v) is 5.91. The maximum absolute atomic E-state index is 12.4. The normalized spacial score (nSPS) is 17.0. The van der Waals surface area contributed by atoms with Gasteiger partial charge in [-0.2, -0.15) is 0 Å². The van der Waals surface area contributed by atoms with Crippen molar-refractivity contribution in [3.8, 4) is 0 Å². The van der Waals surface area contributed by atoms with E-state index in [1.54, 1.807) is 12.3 Å². The van der Waals surface area contributed by atoms with Crippen molar-refractivity contribution < 1.29 is 9.53 Å². The number of anilines is 2. The molecule has 174 valence electrons. The number of nitrogens with zero attached hydrogens (tertiary/aromatic N) is 4. The number of rotatable bonds is 8. The summed E-state index contributed by atoms with van der Waals surface area (Å²) < 4.78 is 5.51. The number of fused-ring (bicyclic) bond motifs is 1. The number of carbonyl (C=O) groups is 1. The van der Waals surface area contributed by atoms with Crippen molar-refractivity contribution in [3.05, 3.63) is 54.2 Å². The van der Waals surface area contributed by atoms with Crippen LogP contribution < -0.4 is 15.5 Å². The second kappa shape index (κ2) is 11.0. The number of hydrogen-bond donors (Lipinski definition) is 2. The van der Waals surface area contributed by atoms with E-state index in [9.17, 15) is 4.79 Å². The van der Waals surface area contributed by atoms with Gasteiger partial charge in [-0.15, -0.1) is 0 Å². The van der Waals surface area contributed by atoms with E-state index in [1.807, 2.05) is 12.1 Å². The first-order valence-electron chi connectivity index (χ1n) is 11.7. The number of nitrogens with one attached hydrogen (secondary N) is 2. The number of hydrogen-bond acceptors (Lipinski definition) is 6. The van der Waals surface area contributed by atoms with Crippen molar-refractivity contribution in [2.75, 3.05) is 36.5 Å². The van der Waals surface area contributed by atoms with Gasteiger partial charge in [-0.1, -0.05) is 37.3 Å². The molecule has 8 nitrogen and oxygen atoms in total. The van der Waals surface area contributed by atoms with E-state index in [2.05, 4.69) is 68.6 Å². The smallest absolute Gasteiger partial charge is 0.320 e. The molecule has 0 radical (unpaired) electrons. The van der Waals surface area contributed by atoms with E-state index in [1.165, 1.54) is 5.56 Å². The first-order valence-corrected chi connectivity index (χ1v) is 11.7. The van der Waals surface area contributed by atoms with Crippen molar-refractivity contribution in [1.29, 1.82) is 0 Å². The van der Waals surface area contributed by atoms with Crippen molar-refractivity contribution in [2.45, 2.75) is 39.2 Å². The number of urea groups is 1. The minimum atomic E-state index is -0.261. The van der Waals surface area contributed by atoms with E-state index in [4.69, 9.17) is 4.74 Å². The van der Waals surface area contributed by atoms with Gasteiger partial charge in [0.15, 0.2) is 5.65 Å². The van der Waals surface area contributed by atoms with E-state index < -0.39 is 0 Å². The third-order valence-electron chi connectivity index (χ3n) is 5.91. The van der Waals surface area contributed by atoms with Gasteiger partial charge in [-0.25, -0.2) is 19.7 Å². The van der Waals surface area contributed by atoms with Crippen LogP contribution in [0.4, 0.5) is 16.4 Å². The summed E-state index contributed by atoms with van der Waals surface area (Å²) in [6, 6.07) is 14.0. The number of carbonyl (C=O) groups excluding carboxylic acids is 1. The Balaban J connectivity index is 1.28. The molecular formula is C25H32N6O2. The minimum absolute atomic E-state index is 0.229. The van der Waals surface area contributed by atoms with Crippen molar-refractivity contribution >= 4 is 28.8 Å². The highest BCUT2D eigenvalue weighted by Crippen LogP contribution is 2.20. The predicted octanol–water partition coefficient (Wildman–Crippen LogP) is 4.03. The van der Waals surface area contributed by atoms with Crippen LogP contribution in [-0.4, -0.2) is 53.3 Å². The van der Waals surface area contributed by atoms with Crippen LogP contribution in [0.25, 0.3) is 11.2 Å². The van der Waals surface area contributed by atoms with Gasteiger partial charge >= 0.3 is 6.03 Å². The fraction of sp³-hybridized carbons (Fsp3) is 0.440. The summed E-state index contributed by atoms with van der Waals surface area (Å²) in [5, 5.41) is 5.76. The van der Waals surface area contributed by atoms with Crippen molar-refractivity contribution in [2.24, 2.45) is 5.92 Å². The molecule has 1 aliphatic rings. The summed E-state index contributed by atoms with van der Waals surface area (Å²) in [4.78, 5) is 28.2. The van der Waals surface area contributed by atoms with E-state index >= 15 is 0 Å². The lowest BCUT2D eigenvalue weighted by Crippen LogP contribution is -2.44. The Labute approximate surface area is 194 Å². The Bertz CT molecular complexity index is 1060. The molecule has 0 aliphatic carbocycles. The Morgan fingerprint density at radius 3 is 2.88 bits per heavy atom. The average Bonchev–Trinajstić information content (AvgIpc) is 2.83. The van der Waals surface area contributed by atoms with Crippen LogP contribution >= 0.6 is 0 Å². The zero-order chi connectivity index (χ0) is 23.0. The number of aryl methyl sites for hydroxylation is 1. The summed E-state index contributed by atoms with van der Waals surface area (Å²) in [5.41, 5.74) is 2.56. The first kappa shape index (κ1) is 22.9. The van der Waals surface area contributed by atoms with Gasteiger partial charge in [0.25, 0.3) is 0 Å². The van der Waals surface area contributed by atoms with Gasteiger partial charge in [0, 0.05) is 13.1 Å². The highest BCUT2D eigenvalue weighted by atomic mass is 16.5. The molecule has 4 rings (SSSR count). The lowest BCUT2D eigenvalue weighted by Gasteiger charge is -2.33. The number of amides is 2.